The van der Waals surface area contributed by atoms with E-state index in [9.17, 15) is 4.79 Å². The number of carbonyl (C=O) groups is 1. The Morgan fingerprint density at radius 2 is 2.10 bits per heavy atom. The van der Waals surface area contributed by atoms with Crippen LogP contribution >= 0.6 is 11.6 Å². The van der Waals surface area contributed by atoms with Gasteiger partial charge in [0.1, 0.15) is 11.0 Å². The van der Waals surface area contributed by atoms with Gasteiger partial charge in [0.2, 0.25) is 0 Å². The van der Waals surface area contributed by atoms with Crippen molar-refractivity contribution in [3.8, 4) is 0 Å². The van der Waals surface area contributed by atoms with Crippen LogP contribution in [0.1, 0.15) is 56.3 Å². The van der Waals surface area contributed by atoms with E-state index in [1.54, 1.807) is 6.07 Å². The molecule has 21 heavy (non-hydrogen) atoms. The average molecular weight is 310 g/mol. The molecule has 1 aromatic rings. The molecule has 0 saturated heterocycles. The summed E-state index contributed by atoms with van der Waals surface area (Å²) in [4.78, 5) is 18.9. The first kappa shape index (κ1) is 16.1. The number of hydrogen-bond donors (Lipinski definition) is 1. The third-order valence-corrected chi connectivity index (χ3v) is 4.16. The quantitative estimate of drug-likeness (QED) is 0.809. The lowest BCUT2D eigenvalue weighted by atomic mass is 10.1. The SMILES string of the molecule is CCCNc1cc(C(=O)N(CC)C2CCCC2)cc(Cl)n1. The van der Waals surface area contributed by atoms with Gasteiger partial charge in [0.15, 0.2) is 0 Å². The van der Waals surface area contributed by atoms with Gasteiger partial charge in [-0.05, 0) is 38.3 Å². The van der Waals surface area contributed by atoms with Crippen molar-refractivity contribution in [2.24, 2.45) is 0 Å². The Kier molecular flexibility index (Phi) is 5.85. The number of rotatable bonds is 6. The molecule has 1 saturated carbocycles. The van der Waals surface area contributed by atoms with E-state index < -0.39 is 0 Å². The molecule has 0 aromatic carbocycles. The minimum atomic E-state index is 0.0632. The average Bonchev–Trinajstić information content (AvgIpc) is 2.99. The van der Waals surface area contributed by atoms with Gasteiger partial charge in [-0.2, -0.15) is 0 Å². The molecule has 0 spiro atoms. The lowest BCUT2D eigenvalue weighted by molar-refractivity contribution is 0.0693. The van der Waals surface area contributed by atoms with Crippen molar-refractivity contribution in [3.63, 3.8) is 0 Å². The zero-order chi connectivity index (χ0) is 15.2. The van der Waals surface area contributed by atoms with Gasteiger partial charge >= 0.3 is 0 Å². The molecule has 0 unspecified atom stereocenters. The number of aromatic nitrogens is 1. The Morgan fingerprint density at radius 1 is 1.38 bits per heavy atom. The highest BCUT2D eigenvalue weighted by Crippen LogP contribution is 2.25. The molecule has 0 bridgehead atoms. The summed E-state index contributed by atoms with van der Waals surface area (Å²) < 4.78 is 0. The number of nitrogens with one attached hydrogen (secondary N) is 1. The Labute approximate surface area is 131 Å². The maximum absolute atomic E-state index is 12.8. The molecule has 0 radical (unpaired) electrons. The lowest BCUT2D eigenvalue weighted by Crippen LogP contribution is -2.38. The van der Waals surface area contributed by atoms with E-state index in [1.165, 1.54) is 12.8 Å². The standard InChI is InChI=1S/C16H24ClN3O/c1-3-9-18-15-11-12(10-14(17)19-15)16(21)20(4-2)13-7-5-6-8-13/h10-11,13H,3-9H2,1-2H3,(H,18,19). The molecule has 1 aliphatic carbocycles. The minimum absolute atomic E-state index is 0.0632. The second-order valence-corrected chi connectivity index (χ2v) is 5.91. The van der Waals surface area contributed by atoms with Crippen LogP contribution in [0.4, 0.5) is 5.82 Å². The van der Waals surface area contributed by atoms with Crippen LogP contribution < -0.4 is 5.32 Å². The van der Waals surface area contributed by atoms with Gasteiger partial charge in [-0.1, -0.05) is 31.4 Å². The van der Waals surface area contributed by atoms with Crippen molar-refractivity contribution >= 4 is 23.3 Å². The van der Waals surface area contributed by atoms with Gasteiger partial charge in [0.25, 0.3) is 5.91 Å². The van der Waals surface area contributed by atoms with E-state index in [4.69, 9.17) is 11.6 Å². The van der Waals surface area contributed by atoms with Crippen LogP contribution in [0.2, 0.25) is 5.15 Å². The molecular formula is C16H24ClN3O. The summed E-state index contributed by atoms with van der Waals surface area (Å²) in [5.74, 6) is 0.739. The topological polar surface area (TPSA) is 45.2 Å². The number of amides is 1. The highest BCUT2D eigenvalue weighted by atomic mass is 35.5. The number of hydrogen-bond acceptors (Lipinski definition) is 3. The third-order valence-electron chi connectivity index (χ3n) is 3.96. The summed E-state index contributed by atoms with van der Waals surface area (Å²) in [6.07, 6.45) is 5.66. The Bertz CT molecular complexity index is 486. The maximum Gasteiger partial charge on any atom is 0.254 e. The van der Waals surface area contributed by atoms with Gasteiger partial charge in [-0.25, -0.2) is 4.98 Å². The number of halogens is 1. The summed E-state index contributed by atoms with van der Waals surface area (Å²) in [7, 11) is 0. The molecule has 5 heteroatoms. The molecular weight excluding hydrogens is 286 g/mol. The van der Waals surface area contributed by atoms with Gasteiger partial charge in [0, 0.05) is 24.7 Å². The summed E-state index contributed by atoms with van der Waals surface area (Å²) in [6.45, 7) is 5.68. The van der Waals surface area contributed by atoms with E-state index in [1.807, 2.05) is 17.9 Å². The largest absolute Gasteiger partial charge is 0.370 e. The van der Waals surface area contributed by atoms with Crippen LogP contribution in [-0.2, 0) is 0 Å². The summed E-state index contributed by atoms with van der Waals surface area (Å²) in [5, 5.41) is 3.55. The van der Waals surface area contributed by atoms with Crippen molar-refractivity contribution in [2.75, 3.05) is 18.4 Å². The first-order chi connectivity index (χ1) is 10.2. The highest BCUT2D eigenvalue weighted by Gasteiger charge is 2.26. The van der Waals surface area contributed by atoms with Gasteiger partial charge in [0.05, 0.1) is 0 Å². The summed E-state index contributed by atoms with van der Waals surface area (Å²) in [6, 6.07) is 3.85. The summed E-state index contributed by atoms with van der Waals surface area (Å²) >= 11 is 6.06. The van der Waals surface area contributed by atoms with Crippen LogP contribution in [-0.4, -0.2) is 34.9 Å². The summed E-state index contributed by atoms with van der Waals surface area (Å²) in [5.41, 5.74) is 0.627. The monoisotopic (exact) mass is 309 g/mol. The van der Waals surface area contributed by atoms with Crippen LogP contribution in [0.3, 0.4) is 0 Å². The van der Waals surface area contributed by atoms with Gasteiger partial charge in [-0.3, -0.25) is 4.79 Å². The maximum atomic E-state index is 12.8. The lowest BCUT2D eigenvalue weighted by Gasteiger charge is -2.28. The molecule has 1 aliphatic rings. The van der Waals surface area contributed by atoms with Crippen molar-refractivity contribution in [2.45, 2.75) is 52.0 Å². The van der Waals surface area contributed by atoms with Crippen LogP contribution in [0, 0.1) is 0 Å². The molecule has 0 aliphatic heterocycles. The van der Waals surface area contributed by atoms with Crippen molar-refractivity contribution in [3.05, 3.63) is 22.8 Å². The van der Waals surface area contributed by atoms with Crippen molar-refractivity contribution in [1.82, 2.24) is 9.88 Å². The number of nitrogens with zero attached hydrogens (tertiary/aromatic N) is 2. The molecule has 116 valence electrons. The van der Waals surface area contributed by atoms with Crippen molar-refractivity contribution < 1.29 is 4.79 Å². The Balaban J connectivity index is 2.18. The van der Waals surface area contributed by atoms with Crippen LogP contribution in [0.25, 0.3) is 0 Å². The molecule has 1 N–H and O–H groups in total. The smallest absolute Gasteiger partial charge is 0.254 e. The Morgan fingerprint density at radius 3 is 2.71 bits per heavy atom. The molecule has 2 rings (SSSR count). The molecule has 1 heterocycles. The first-order valence-electron chi connectivity index (χ1n) is 7.88. The normalized spacial score (nSPS) is 15.2. The molecule has 1 fully saturated rings. The van der Waals surface area contributed by atoms with E-state index >= 15 is 0 Å². The minimum Gasteiger partial charge on any atom is -0.370 e. The third kappa shape index (κ3) is 4.10. The fourth-order valence-electron chi connectivity index (χ4n) is 2.91. The van der Waals surface area contributed by atoms with Gasteiger partial charge < -0.3 is 10.2 Å². The number of anilines is 1. The van der Waals surface area contributed by atoms with Gasteiger partial charge in [-0.15, -0.1) is 0 Å². The zero-order valence-electron chi connectivity index (χ0n) is 12.9. The second kappa shape index (κ2) is 7.64. The zero-order valence-corrected chi connectivity index (χ0v) is 13.6. The van der Waals surface area contributed by atoms with Crippen LogP contribution in [0.15, 0.2) is 12.1 Å². The second-order valence-electron chi connectivity index (χ2n) is 5.52. The van der Waals surface area contributed by atoms with E-state index in [-0.39, 0.29) is 5.91 Å². The fourth-order valence-corrected chi connectivity index (χ4v) is 3.12. The highest BCUT2D eigenvalue weighted by molar-refractivity contribution is 6.29. The predicted molar refractivity (Wildman–Crippen MR) is 87.0 cm³/mol. The van der Waals surface area contributed by atoms with Crippen LogP contribution in [0.5, 0.6) is 0 Å². The van der Waals surface area contributed by atoms with E-state index in [2.05, 4.69) is 17.2 Å². The van der Waals surface area contributed by atoms with Crippen molar-refractivity contribution in [1.29, 1.82) is 0 Å². The molecule has 4 nitrogen and oxygen atoms in total. The van der Waals surface area contributed by atoms with E-state index in [0.717, 1.165) is 32.4 Å². The fraction of sp³-hybridized carbons (Fsp3) is 0.625. The molecule has 1 amide bonds. The molecule has 0 atom stereocenters. The number of pyridine rings is 1. The Hall–Kier alpha value is -1.29. The predicted octanol–water partition coefficient (Wildman–Crippen LogP) is 3.96. The number of carbonyl (C=O) groups excluding carboxylic acids is 1. The molecule has 1 aromatic heterocycles. The van der Waals surface area contributed by atoms with E-state index in [0.29, 0.717) is 22.6 Å². The first-order valence-corrected chi connectivity index (χ1v) is 8.26.